The summed E-state index contributed by atoms with van der Waals surface area (Å²) in [6, 6.07) is 84.0. The third kappa shape index (κ3) is 10.7. The van der Waals surface area contributed by atoms with Crippen LogP contribution in [-0.2, 0) is 68.0 Å². The van der Waals surface area contributed by atoms with Crippen molar-refractivity contribution >= 4 is 109 Å². The monoisotopic (exact) mass is 1360 g/mol. The fourth-order valence-electron chi connectivity index (χ4n) is 18.4. The number of nitrogens with zero attached hydrogens (tertiary/aromatic N) is 8. The largest absolute Gasteiger partial charge is 0.347 e. The predicted molar refractivity (Wildman–Crippen MR) is 444 cm³/mol. The molecule has 11 aromatic carbocycles. The highest BCUT2D eigenvalue weighted by atomic mass is 15.0. The van der Waals surface area contributed by atoms with E-state index >= 15 is 0 Å². The van der Waals surface area contributed by atoms with Crippen molar-refractivity contribution < 1.29 is 0 Å². The molecule has 8 nitrogen and oxygen atoms in total. The van der Waals surface area contributed by atoms with Crippen molar-refractivity contribution in [2.24, 2.45) is 42.3 Å². The Morgan fingerprint density at radius 1 is 0.219 bits per heavy atom. The van der Waals surface area contributed by atoms with Gasteiger partial charge in [-0.2, -0.15) is 0 Å². The van der Waals surface area contributed by atoms with E-state index in [0.717, 1.165) is 11.0 Å². The van der Waals surface area contributed by atoms with Crippen LogP contribution in [-0.4, -0.2) is 37.4 Å². The Bertz CT molecular complexity index is 6100. The van der Waals surface area contributed by atoms with E-state index in [9.17, 15) is 0 Å². The summed E-state index contributed by atoms with van der Waals surface area (Å²) in [7, 11) is 13.0. The number of rotatable bonds is 6. The number of hydrogen-bond acceptors (Lipinski definition) is 2. The van der Waals surface area contributed by atoms with Gasteiger partial charge in [0.2, 0.25) is 0 Å². The van der Waals surface area contributed by atoms with E-state index in [1.807, 2.05) is 24.8 Å². The molecule has 21 rings (SSSR count). The van der Waals surface area contributed by atoms with Gasteiger partial charge in [-0.25, -0.2) is 0 Å². The summed E-state index contributed by atoms with van der Waals surface area (Å²) >= 11 is 0. The number of aromatic nitrogens is 8. The van der Waals surface area contributed by atoms with E-state index in [1.54, 1.807) is 22.5 Å². The van der Waals surface area contributed by atoms with Crippen molar-refractivity contribution in [2.45, 2.75) is 72.1 Å². The average Bonchev–Trinajstić information content (AvgIpc) is 1.67. The van der Waals surface area contributed by atoms with Gasteiger partial charge in [-0.1, -0.05) is 109 Å². The zero-order valence-corrected chi connectivity index (χ0v) is 61.4. The zero-order chi connectivity index (χ0) is 71.0. The lowest BCUT2D eigenvalue weighted by atomic mass is 9.92. The van der Waals surface area contributed by atoms with Crippen molar-refractivity contribution in [2.75, 3.05) is 0 Å². The molecule has 0 bridgehead atoms. The van der Waals surface area contributed by atoms with Gasteiger partial charge in [-0.3, -0.25) is 9.97 Å². The van der Waals surface area contributed by atoms with Gasteiger partial charge >= 0.3 is 0 Å². The third-order valence-corrected chi connectivity index (χ3v) is 23.7. The van der Waals surface area contributed by atoms with Gasteiger partial charge in [-0.15, -0.1) is 0 Å². The molecule has 8 heterocycles. The molecule has 0 atom stereocenters. The zero-order valence-electron chi connectivity index (χ0n) is 61.4. The Morgan fingerprint density at radius 2 is 0.476 bits per heavy atom. The van der Waals surface area contributed by atoms with Crippen LogP contribution >= 0.6 is 0 Å². The normalized spacial score (nSPS) is 13.1. The lowest BCUT2D eigenvalue weighted by Gasteiger charge is -2.13. The van der Waals surface area contributed by atoms with Gasteiger partial charge in [0.15, 0.2) is 0 Å². The van der Waals surface area contributed by atoms with Gasteiger partial charge in [0, 0.05) is 164 Å². The minimum atomic E-state index is 1.16. The topological polar surface area (TPSA) is 55.4 Å². The molecule has 0 radical (unpaired) electrons. The van der Waals surface area contributed by atoms with Crippen LogP contribution in [0, 0.1) is 20.8 Å². The average molecular weight is 1360 g/mol. The molecule has 2 aliphatic carbocycles. The molecule has 0 N–H and O–H groups in total. The number of pyridine rings is 2. The minimum Gasteiger partial charge on any atom is -0.347 e. The molecule has 512 valence electrons. The van der Waals surface area contributed by atoms with Gasteiger partial charge in [-0.05, 0) is 282 Å². The van der Waals surface area contributed by atoms with E-state index in [1.165, 1.54) is 233 Å². The Balaban J connectivity index is 0.000000108. The Morgan fingerprint density at radius 3 is 0.800 bits per heavy atom. The Labute approximate surface area is 612 Å². The summed E-state index contributed by atoms with van der Waals surface area (Å²) < 4.78 is 13.9. The molecule has 8 aromatic heterocycles. The predicted octanol–water partition coefficient (Wildman–Crippen LogP) is 24.1. The number of hydrogen-bond donors (Lipinski definition) is 0. The van der Waals surface area contributed by atoms with E-state index in [0.29, 0.717) is 0 Å². The first-order valence-electron chi connectivity index (χ1n) is 37.4. The minimum absolute atomic E-state index is 1.16. The first-order valence-corrected chi connectivity index (χ1v) is 37.4. The second-order valence-corrected chi connectivity index (χ2v) is 30.1. The van der Waals surface area contributed by atoms with Crippen LogP contribution in [0.5, 0.6) is 0 Å². The quantitative estimate of drug-likeness (QED) is 0.167. The molecule has 0 amide bonds. The lowest BCUT2D eigenvalue weighted by Crippen LogP contribution is -2.04. The molecule has 0 spiro atoms. The SMILES string of the molecule is Cc1cc(-c2ccc3c(c2)c2c(n3C)CCCC2)cc(-c2ccc3c(c2)c2c(n3C)CCCC2)c1.Cc1cc(-c2ccc3c(c2)c2ccccc2n3C)cc(-c2ccc3c(c2)c2ccccc2n3C)c1.Cc1cc(-c2ccc3c(c2)c2ccncc2n3C)cc(-c2ccc3c(c2)c2ccncc2n3C)c1. The van der Waals surface area contributed by atoms with E-state index in [-0.39, 0.29) is 0 Å². The molecule has 0 aliphatic heterocycles. The molecular formula is C97H84N8. The molecule has 2 aliphatic rings. The van der Waals surface area contributed by atoms with Crippen LogP contribution in [0.3, 0.4) is 0 Å². The fourth-order valence-corrected chi connectivity index (χ4v) is 18.4. The first-order chi connectivity index (χ1) is 51.2. The van der Waals surface area contributed by atoms with Gasteiger partial charge in [0.1, 0.15) is 0 Å². The number of para-hydroxylation sites is 2. The number of aryl methyl sites for hydroxylation is 11. The highest BCUT2D eigenvalue weighted by molar-refractivity contribution is 6.13. The third-order valence-electron chi connectivity index (χ3n) is 23.7. The smallest absolute Gasteiger partial charge is 0.0675 e. The van der Waals surface area contributed by atoms with Crippen LogP contribution in [0.1, 0.15) is 64.9 Å². The maximum absolute atomic E-state index is 4.32. The first kappa shape index (κ1) is 63.9. The maximum Gasteiger partial charge on any atom is 0.0675 e. The van der Waals surface area contributed by atoms with Crippen LogP contribution < -0.4 is 0 Å². The van der Waals surface area contributed by atoms with Crippen LogP contribution in [0.2, 0.25) is 0 Å². The highest BCUT2D eigenvalue weighted by Gasteiger charge is 2.23. The molecular weight excluding hydrogens is 1280 g/mol. The van der Waals surface area contributed by atoms with Crippen molar-refractivity contribution in [1.29, 1.82) is 0 Å². The summed E-state index contributed by atoms with van der Waals surface area (Å²) in [4.78, 5) is 8.65. The van der Waals surface area contributed by atoms with Crippen LogP contribution in [0.4, 0.5) is 0 Å². The van der Waals surface area contributed by atoms with Crippen LogP contribution in [0.15, 0.2) is 249 Å². The Kier molecular flexibility index (Phi) is 15.3. The standard InChI is InChI=1S/C33H34N2.C33H26N2.C31H24N4/c2*1-21-16-24(22-12-14-32-28(19-22)26-8-4-6-10-30(26)34(32)2)18-25(17-21)23-13-15-33-29(20-23)27-9-5-7-11-31(27)35(33)3;1-19-12-22(20-4-6-28-26(15-20)24-8-10-32-17-30(24)34(28)2)14-23(13-19)21-5-7-29-27(16-21)25-9-11-33-18-31(25)35(29)3/h12-20H,4-11H2,1-3H3;4-20H,1-3H3;4-18H,1-3H3. The molecule has 105 heavy (non-hydrogen) atoms. The second-order valence-electron chi connectivity index (χ2n) is 30.1. The van der Waals surface area contributed by atoms with Gasteiger partial charge < -0.3 is 27.4 Å². The van der Waals surface area contributed by atoms with Gasteiger partial charge in [0.25, 0.3) is 0 Å². The summed E-state index contributed by atoms with van der Waals surface area (Å²) in [6.07, 6.45) is 17.8. The highest BCUT2D eigenvalue weighted by Crippen LogP contribution is 2.42. The number of fused-ring (bicyclic) bond motifs is 18. The summed E-state index contributed by atoms with van der Waals surface area (Å²) in [5.41, 5.74) is 38.0. The van der Waals surface area contributed by atoms with Crippen LogP contribution in [0.25, 0.3) is 176 Å². The lowest BCUT2D eigenvalue weighted by molar-refractivity contribution is 0.653. The van der Waals surface area contributed by atoms with Crippen molar-refractivity contribution in [1.82, 2.24) is 37.4 Å². The Hall–Kier alpha value is -12.0. The van der Waals surface area contributed by atoms with Crippen molar-refractivity contribution in [3.63, 3.8) is 0 Å². The van der Waals surface area contributed by atoms with Gasteiger partial charge in [0.05, 0.1) is 23.4 Å². The van der Waals surface area contributed by atoms with E-state index in [4.69, 9.17) is 0 Å². The molecule has 0 saturated carbocycles. The summed E-state index contributed by atoms with van der Waals surface area (Å²) in [5.74, 6) is 0. The molecule has 0 unspecified atom stereocenters. The van der Waals surface area contributed by atoms with Crippen molar-refractivity contribution in [3.05, 3.63) is 288 Å². The molecule has 19 aromatic rings. The summed E-state index contributed by atoms with van der Waals surface area (Å²) in [5, 5.41) is 13.1. The molecule has 0 saturated heterocycles. The second kappa shape index (κ2) is 25.2. The van der Waals surface area contributed by atoms with E-state index < -0.39 is 0 Å². The molecule has 0 fully saturated rings. The molecule has 8 heteroatoms. The maximum atomic E-state index is 4.32. The van der Waals surface area contributed by atoms with Crippen molar-refractivity contribution in [3.8, 4) is 66.8 Å². The fraction of sp³-hybridized carbons (Fsp3) is 0.175. The summed E-state index contributed by atoms with van der Waals surface area (Å²) in [6.45, 7) is 6.61. The number of benzene rings is 11. The van der Waals surface area contributed by atoms with E-state index in [2.05, 4.69) is 325 Å².